The molecule has 2 aliphatic rings. The number of benzene rings is 3. The van der Waals surface area contributed by atoms with Crippen molar-refractivity contribution in [3.05, 3.63) is 100 Å². The van der Waals surface area contributed by atoms with E-state index in [2.05, 4.69) is 58.3 Å². The number of nitrogens with zero attached hydrogens (tertiary/aromatic N) is 4. The Labute approximate surface area is 248 Å². The van der Waals surface area contributed by atoms with Gasteiger partial charge in [0.05, 0.1) is 12.2 Å². The molecule has 41 heavy (non-hydrogen) atoms. The van der Waals surface area contributed by atoms with E-state index in [9.17, 15) is 9.59 Å². The molecule has 5 rings (SSSR count). The average molecular weight is 575 g/mol. The molecule has 0 aromatic heterocycles. The number of carbonyl (C=O) groups is 2. The van der Waals surface area contributed by atoms with Gasteiger partial charge in [0, 0.05) is 64.5 Å². The lowest BCUT2D eigenvalue weighted by atomic mass is 10.00. The Kier molecular flexibility index (Phi) is 10.1. The van der Waals surface area contributed by atoms with E-state index in [4.69, 9.17) is 16.3 Å². The Hall–Kier alpha value is -3.23. The maximum absolute atomic E-state index is 13.9. The Morgan fingerprint density at radius 3 is 2.37 bits per heavy atom. The Morgan fingerprint density at radius 1 is 0.780 bits per heavy atom. The van der Waals surface area contributed by atoms with Crippen molar-refractivity contribution in [2.75, 3.05) is 57.9 Å². The van der Waals surface area contributed by atoms with Gasteiger partial charge in [-0.3, -0.25) is 19.4 Å². The van der Waals surface area contributed by atoms with Crippen LogP contribution in [0.5, 0.6) is 0 Å². The molecule has 216 valence electrons. The topological polar surface area (TPSA) is 56.3 Å². The highest BCUT2D eigenvalue weighted by Crippen LogP contribution is 2.28. The monoisotopic (exact) mass is 574 g/mol. The molecule has 2 heterocycles. The fourth-order valence-corrected chi connectivity index (χ4v) is 5.97. The van der Waals surface area contributed by atoms with Crippen LogP contribution in [0.25, 0.3) is 0 Å². The molecule has 0 saturated carbocycles. The van der Waals surface area contributed by atoms with Gasteiger partial charge in [0.25, 0.3) is 5.91 Å². The van der Waals surface area contributed by atoms with Crippen molar-refractivity contribution in [3.8, 4) is 0 Å². The van der Waals surface area contributed by atoms with E-state index < -0.39 is 0 Å². The number of methoxy groups -OCH3 is 1. The molecule has 7 nitrogen and oxygen atoms in total. The summed E-state index contributed by atoms with van der Waals surface area (Å²) in [5.74, 6) is -0.0197. The molecule has 8 heteroatoms. The summed E-state index contributed by atoms with van der Waals surface area (Å²) in [6.45, 7) is 5.88. The summed E-state index contributed by atoms with van der Waals surface area (Å²) in [7, 11) is 1.53. The average Bonchev–Trinajstić information content (AvgIpc) is 3.01. The highest BCUT2D eigenvalue weighted by Gasteiger charge is 2.26. The van der Waals surface area contributed by atoms with Gasteiger partial charge in [-0.2, -0.15) is 0 Å². The van der Waals surface area contributed by atoms with Crippen LogP contribution in [0.4, 0.5) is 5.69 Å². The number of ether oxygens (including phenoxy) is 1. The first kappa shape index (κ1) is 29.3. The number of halogens is 1. The summed E-state index contributed by atoms with van der Waals surface area (Å²) in [4.78, 5) is 35.5. The Morgan fingerprint density at radius 2 is 1.56 bits per heavy atom. The van der Waals surface area contributed by atoms with E-state index in [1.807, 2.05) is 29.2 Å². The third-order valence-corrected chi connectivity index (χ3v) is 8.22. The molecule has 2 aliphatic heterocycles. The zero-order valence-electron chi connectivity index (χ0n) is 23.8. The summed E-state index contributed by atoms with van der Waals surface area (Å²) in [6, 6.07) is 24.5. The number of hydrogen-bond acceptors (Lipinski definition) is 5. The van der Waals surface area contributed by atoms with Crippen molar-refractivity contribution < 1.29 is 14.3 Å². The van der Waals surface area contributed by atoms with Crippen LogP contribution in [0.15, 0.2) is 72.8 Å². The maximum Gasteiger partial charge on any atom is 0.252 e. The molecule has 3 aromatic carbocycles. The SMILES string of the molecule is COCC(=O)N1CCCN(Cc2ccccc2)CCN(C(=O)CN2CCc3ccccc3C2)Cc2ccc(Cl)cc21. The van der Waals surface area contributed by atoms with Crippen molar-refractivity contribution in [2.24, 2.45) is 0 Å². The number of carbonyl (C=O) groups excluding carboxylic acids is 2. The summed E-state index contributed by atoms with van der Waals surface area (Å²) >= 11 is 6.44. The van der Waals surface area contributed by atoms with Crippen LogP contribution in [-0.2, 0) is 40.4 Å². The number of anilines is 1. The lowest BCUT2D eigenvalue weighted by Crippen LogP contribution is -2.44. The van der Waals surface area contributed by atoms with Gasteiger partial charge in [-0.05, 0) is 47.2 Å². The van der Waals surface area contributed by atoms with Crippen LogP contribution in [0.3, 0.4) is 0 Å². The zero-order chi connectivity index (χ0) is 28.6. The minimum Gasteiger partial charge on any atom is -0.375 e. The molecule has 0 fully saturated rings. The minimum atomic E-state index is -0.116. The van der Waals surface area contributed by atoms with Gasteiger partial charge in [0.15, 0.2) is 0 Å². The van der Waals surface area contributed by atoms with E-state index in [0.717, 1.165) is 56.8 Å². The number of rotatable bonds is 6. The van der Waals surface area contributed by atoms with E-state index in [1.54, 1.807) is 4.90 Å². The van der Waals surface area contributed by atoms with Crippen LogP contribution in [0.2, 0.25) is 5.02 Å². The van der Waals surface area contributed by atoms with Crippen molar-refractivity contribution in [1.29, 1.82) is 0 Å². The Balaban J connectivity index is 1.41. The van der Waals surface area contributed by atoms with Crippen LogP contribution in [-0.4, -0.2) is 79.5 Å². The molecule has 0 atom stereocenters. The predicted octanol–water partition coefficient (Wildman–Crippen LogP) is 4.61. The normalized spacial score (nSPS) is 16.9. The van der Waals surface area contributed by atoms with E-state index >= 15 is 0 Å². The molecule has 3 aromatic rings. The first-order valence-electron chi connectivity index (χ1n) is 14.4. The summed E-state index contributed by atoms with van der Waals surface area (Å²) in [5, 5.41) is 0.560. The third kappa shape index (κ3) is 7.74. The van der Waals surface area contributed by atoms with Gasteiger partial charge in [-0.1, -0.05) is 72.3 Å². The van der Waals surface area contributed by atoms with Gasteiger partial charge < -0.3 is 14.5 Å². The van der Waals surface area contributed by atoms with Gasteiger partial charge in [-0.15, -0.1) is 0 Å². The molecule has 0 saturated heterocycles. The smallest absolute Gasteiger partial charge is 0.252 e. The summed E-state index contributed by atoms with van der Waals surface area (Å²) in [5.41, 5.74) is 5.56. The second-order valence-electron chi connectivity index (χ2n) is 10.9. The highest BCUT2D eigenvalue weighted by molar-refractivity contribution is 6.31. The number of amides is 2. The fraction of sp³-hybridized carbons (Fsp3) is 0.394. The van der Waals surface area contributed by atoms with Crippen LogP contribution < -0.4 is 4.90 Å². The quantitative estimate of drug-likeness (QED) is 0.430. The third-order valence-electron chi connectivity index (χ3n) is 7.98. The molecular weight excluding hydrogens is 536 g/mol. The van der Waals surface area contributed by atoms with Crippen LogP contribution in [0, 0.1) is 0 Å². The first-order valence-corrected chi connectivity index (χ1v) is 14.8. The lowest BCUT2D eigenvalue weighted by Gasteiger charge is -2.32. The van der Waals surface area contributed by atoms with Crippen molar-refractivity contribution in [2.45, 2.75) is 32.5 Å². The molecule has 0 aliphatic carbocycles. The van der Waals surface area contributed by atoms with Crippen molar-refractivity contribution >= 4 is 29.1 Å². The summed E-state index contributed by atoms with van der Waals surface area (Å²) < 4.78 is 5.22. The molecule has 0 unspecified atom stereocenters. The van der Waals surface area contributed by atoms with Gasteiger partial charge in [0.1, 0.15) is 6.61 Å². The summed E-state index contributed by atoms with van der Waals surface area (Å²) in [6.07, 6.45) is 1.74. The highest BCUT2D eigenvalue weighted by atomic mass is 35.5. The molecule has 0 N–H and O–H groups in total. The second kappa shape index (κ2) is 14.1. The van der Waals surface area contributed by atoms with Crippen LogP contribution in [0.1, 0.15) is 28.7 Å². The van der Waals surface area contributed by atoms with Crippen molar-refractivity contribution in [1.82, 2.24) is 14.7 Å². The standard InChI is InChI=1S/C33H39ClN4O3/c1-41-25-33(40)38-16-7-15-35(21-26-8-3-2-4-9-26)18-19-37(23-29-12-13-30(34)20-31(29)38)32(39)24-36-17-14-27-10-5-6-11-28(27)22-36/h2-6,8-13,20H,7,14-19,21-25H2,1H3. The largest absolute Gasteiger partial charge is 0.375 e. The Bertz CT molecular complexity index is 1340. The molecule has 0 spiro atoms. The molecule has 2 amide bonds. The van der Waals surface area contributed by atoms with Gasteiger partial charge in [0.2, 0.25) is 5.91 Å². The van der Waals surface area contributed by atoms with Gasteiger partial charge in [-0.25, -0.2) is 0 Å². The molecular formula is C33H39ClN4O3. The lowest BCUT2D eigenvalue weighted by molar-refractivity contribution is -0.133. The van der Waals surface area contributed by atoms with E-state index in [0.29, 0.717) is 31.2 Å². The van der Waals surface area contributed by atoms with E-state index in [-0.39, 0.29) is 18.4 Å². The van der Waals surface area contributed by atoms with E-state index in [1.165, 1.54) is 23.8 Å². The zero-order valence-corrected chi connectivity index (χ0v) is 24.6. The van der Waals surface area contributed by atoms with Gasteiger partial charge >= 0.3 is 0 Å². The predicted molar refractivity (Wildman–Crippen MR) is 163 cm³/mol. The van der Waals surface area contributed by atoms with Crippen molar-refractivity contribution in [3.63, 3.8) is 0 Å². The number of fused-ring (bicyclic) bond motifs is 2. The molecule has 0 bridgehead atoms. The minimum absolute atomic E-state index is 0.0151. The van der Waals surface area contributed by atoms with Crippen LogP contribution >= 0.6 is 11.6 Å². The first-order chi connectivity index (χ1) is 20.0. The molecule has 0 radical (unpaired) electrons. The fourth-order valence-electron chi connectivity index (χ4n) is 5.81. The maximum atomic E-state index is 13.9. The number of hydrogen-bond donors (Lipinski definition) is 0. The second-order valence-corrected chi connectivity index (χ2v) is 11.3.